The Labute approximate surface area is 157 Å². The summed E-state index contributed by atoms with van der Waals surface area (Å²) >= 11 is 0. The summed E-state index contributed by atoms with van der Waals surface area (Å²) in [5, 5.41) is 5.46. The SMILES string of the molecule is CC(=O)Nc1ccc(NC(=O)c2cc(N(C)c3ccccc3)ncn2)cc1. The fourth-order valence-electron chi connectivity index (χ4n) is 2.47. The first-order chi connectivity index (χ1) is 13.0. The lowest BCUT2D eigenvalue weighted by atomic mass is 10.2. The van der Waals surface area contributed by atoms with Crippen LogP contribution in [0.1, 0.15) is 17.4 Å². The van der Waals surface area contributed by atoms with Gasteiger partial charge in [-0.15, -0.1) is 0 Å². The molecular formula is C20H19N5O2. The summed E-state index contributed by atoms with van der Waals surface area (Å²) in [6.45, 7) is 1.44. The highest BCUT2D eigenvalue weighted by Crippen LogP contribution is 2.21. The van der Waals surface area contributed by atoms with E-state index in [2.05, 4.69) is 20.6 Å². The zero-order valence-electron chi connectivity index (χ0n) is 15.0. The van der Waals surface area contributed by atoms with Crippen LogP contribution in [0.15, 0.2) is 67.0 Å². The van der Waals surface area contributed by atoms with Crippen molar-refractivity contribution in [3.05, 3.63) is 72.7 Å². The van der Waals surface area contributed by atoms with Gasteiger partial charge in [0.2, 0.25) is 5.91 Å². The molecule has 7 nitrogen and oxygen atoms in total. The van der Waals surface area contributed by atoms with Crippen LogP contribution in [0.25, 0.3) is 0 Å². The number of benzene rings is 2. The lowest BCUT2D eigenvalue weighted by Gasteiger charge is -2.18. The number of carbonyl (C=O) groups excluding carboxylic acids is 2. The van der Waals surface area contributed by atoms with Crippen LogP contribution in [0.5, 0.6) is 0 Å². The van der Waals surface area contributed by atoms with E-state index in [0.29, 0.717) is 17.2 Å². The molecule has 0 fully saturated rings. The van der Waals surface area contributed by atoms with Gasteiger partial charge in [-0.1, -0.05) is 18.2 Å². The Morgan fingerprint density at radius 3 is 2.15 bits per heavy atom. The Kier molecular flexibility index (Phi) is 5.41. The molecule has 0 aliphatic carbocycles. The fourth-order valence-corrected chi connectivity index (χ4v) is 2.47. The number of carbonyl (C=O) groups is 2. The highest BCUT2D eigenvalue weighted by Gasteiger charge is 2.12. The molecule has 27 heavy (non-hydrogen) atoms. The molecule has 136 valence electrons. The first-order valence-corrected chi connectivity index (χ1v) is 8.33. The highest BCUT2D eigenvalue weighted by molar-refractivity contribution is 6.03. The Morgan fingerprint density at radius 2 is 1.52 bits per heavy atom. The predicted molar refractivity (Wildman–Crippen MR) is 105 cm³/mol. The van der Waals surface area contributed by atoms with E-state index < -0.39 is 0 Å². The van der Waals surface area contributed by atoms with Crippen molar-refractivity contribution in [1.82, 2.24) is 9.97 Å². The van der Waals surface area contributed by atoms with Crippen LogP contribution >= 0.6 is 0 Å². The minimum Gasteiger partial charge on any atom is -0.329 e. The average molecular weight is 361 g/mol. The van der Waals surface area contributed by atoms with Crippen molar-refractivity contribution in [3.8, 4) is 0 Å². The largest absolute Gasteiger partial charge is 0.329 e. The van der Waals surface area contributed by atoms with E-state index in [4.69, 9.17) is 0 Å². The third-order valence-electron chi connectivity index (χ3n) is 3.84. The van der Waals surface area contributed by atoms with Gasteiger partial charge in [0.1, 0.15) is 17.8 Å². The number of anilines is 4. The van der Waals surface area contributed by atoms with Gasteiger partial charge in [-0.25, -0.2) is 9.97 Å². The number of hydrogen-bond acceptors (Lipinski definition) is 5. The van der Waals surface area contributed by atoms with E-state index >= 15 is 0 Å². The van der Waals surface area contributed by atoms with E-state index in [-0.39, 0.29) is 17.5 Å². The summed E-state index contributed by atoms with van der Waals surface area (Å²) in [6.07, 6.45) is 1.36. The first-order valence-electron chi connectivity index (χ1n) is 8.33. The molecule has 7 heteroatoms. The molecule has 0 saturated heterocycles. The molecule has 0 bridgehead atoms. The van der Waals surface area contributed by atoms with Gasteiger partial charge in [-0.3, -0.25) is 9.59 Å². The number of hydrogen-bond donors (Lipinski definition) is 2. The Hall–Kier alpha value is -3.74. The predicted octanol–water partition coefficient (Wildman–Crippen LogP) is 3.46. The quantitative estimate of drug-likeness (QED) is 0.727. The maximum atomic E-state index is 12.5. The molecule has 0 atom stereocenters. The normalized spacial score (nSPS) is 10.1. The first kappa shape index (κ1) is 18.1. The number of nitrogens with one attached hydrogen (secondary N) is 2. The molecular weight excluding hydrogens is 342 g/mol. The van der Waals surface area contributed by atoms with Gasteiger partial charge in [0.05, 0.1) is 0 Å². The van der Waals surface area contributed by atoms with Crippen LogP contribution in [0, 0.1) is 0 Å². The van der Waals surface area contributed by atoms with Crippen molar-refractivity contribution in [2.45, 2.75) is 6.92 Å². The summed E-state index contributed by atoms with van der Waals surface area (Å²) in [5.74, 6) is 0.123. The topological polar surface area (TPSA) is 87.2 Å². The van der Waals surface area contributed by atoms with Crippen molar-refractivity contribution < 1.29 is 9.59 Å². The van der Waals surface area contributed by atoms with Crippen molar-refractivity contribution >= 4 is 34.7 Å². The van der Waals surface area contributed by atoms with Gasteiger partial charge in [-0.2, -0.15) is 0 Å². The average Bonchev–Trinajstić information content (AvgIpc) is 2.69. The van der Waals surface area contributed by atoms with Crippen LogP contribution in [0.4, 0.5) is 22.9 Å². The molecule has 2 amide bonds. The zero-order chi connectivity index (χ0) is 19.2. The van der Waals surface area contributed by atoms with E-state index in [9.17, 15) is 9.59 Å². The third kappa shape index (κ3) is 4.66. The van der Waals surface area contributed by atoms with Crippen molar-refractivity contribution in [2.24, 2.45) is 0 Å². The Bertz CT molecular complexity index is 942. The molecule has 3 rings (SSSR count). The van der Waals surface area contributed by atoms with Gasteiger partial charge >= 0.3 is 0 Å². The van der Waals surface area contributed by atoms with Crippen molar-refractivity contribution in [2.75, 3.05) is 22.6 Å². The lowest BCUT2D eigenvalue weighted by molar-refractivity contribution is -0.114. The smallest absolute Gasteiger partial charge is 0.274 e. The fraction of sp³-hybridized carbons (Fsp3) is 0.100. The molecule has 2 N–H and O–H groups in total. The number of nitrogens with zero attached hydrogens (tertiary/aromatic N) is 3. The third-order valence-corrected chi connectivity index (χ3v) is 3.84. The number of rotatable bonds is 5. The van der Waals surface area contributed by atoms with Gasteiger partial charge in [0, 0.05) is 37.1 Å². The van der Waals surface area contributed by atoms with Gasteiger partial charge in [0.15, 0.2) is 0 Å². The molecule has 3 aromatic rings. The minimum absolute atomic E-state index is 0.150. The monoisotopic (exact) mass is 361 g/mol. The summed E-state index contributed by atoms with van der Waals surface area (Å²) < 4.78 is 0. The lowest BCUT2D eigenvalue weighted by Crippen LogP contribution is -2.17. The van der Waals surface area contributed by atoms with E-state index in [1.54, 1.807) is 30.3 Å². The van der Waals surface area contributed by atoms with E-state index in [1.165, 1.54) is 13.3 Å². The van der Waals surface area contributed by atoms with Crippen molar-refractivity contribution in [3.63, 3.8) is 0 Å². The van der Waals surface area contributed by atoms with E-state index in [1.807, 2.05) is 42.3 Å². The van der Waals surface area contributed by atoms with Gasteiger partial charge < -0.3 is 15.5 Å². The maximum absolute atomic E-state index is 12.5. The zero-order valence-corrected chi connectivity index (χ0v) is 15.0. The second-order valence-corrected chi connectivity index (χ2v) is 5.87. The van der Waals surface area contributed by atoms with E-state index in [0.717, 1.165) is 5.69 Å². The molecule has 0 unspecified atom stereocenters. The van der Waals surface area contributed by atoms with Gasteiger partial charge in [0.25, 0.3) is 5.91 Å². The number of para-hydroxylation sites is 1. The van der Waals surface area contributed by atoms with Crippen LogP contribution < -0.4 is 15.5 Å². The Morgan fingerprint density at radius 1 is 0.889 bits per heavy atom. The standard InChI is InChI=1S/C20H19N5O2/c1-14(26)23-15-8-10-16(11-9-15)24-20(27)18-12-19(22-13-21-18)25(2)17-6-4-3-5-7-17/h3-13H,1-2H3,(H,23,26)(H,24,27). The molecule has 2 aromatic carbocycles. The second kappa shape index (κ2) is 8.09. The number of amides is 2. The molecule has 0 radical (unpaired) electrons. The van der Waals surface area contributed by atoms with Crippen LogP contribution in [0.2, 0.25) is 0 Å². The summed E-state index contributed by atoms with van der Waals surface area (Å²) in [4.78, 5) is 33.7. The molecule has 0 aliphatic heterocycles. The molecule has 0 spiro atoms. The summed E-state index contributed by atoms with van der Waals surface area (Å²) in [5.41, 5.74) is 2.48. The van der Waals surface area contributed by atoms with Gasteiger partial charge in [-0.05, 0) is 36.4 Å². The molecule has 0 saturated carbocycles. The maximum Gasteiger partial charge on any atom is 0.274 e. The molecule has 1 heterocycles. The Balaban J connectivity index is 1.73. The molecule has 0 aliphatic rings. The minimum atomic E-state index is -0.340. The van der Waals surface area contributed by atoms with Crippen molar-refractivity contribution in [1.29, 1.82) is 0 Å². The summed E-state index contributed by atoms with van der Waals surface area (Å²) in [6, 6.07) is 18.2. The molecule has 1 aromatic heterocycles. The van der Waals surface area contributed by atoms with Crippen LogP contribution in [-0.2, 0) is 4.79 Å². The van der Waals surface area contributed by atoms with Crippen LogP contribution in [-0.4, -0.2) is 28.8 Å². The second-order valence-electron chi connectivity index (χ2n) is 5.87. The van der Waals surface area contributed by atoms with Crippen LogP contribution in [0.3, 0.4) is 0 Å². The highest BCUT2D eigenvalue weighted by atomic mass is 16.2. The number of aromatic nitrogens is 2. The summed E-state index contributed by atoms with van der Waals surface area (Å²) in [7, 11) is 1.88.